The molecule has 0 spiro atoms. The number of hydrogen-bond donors (Lipinski definition) is 0. The minimum Gasteiger partial charge on any atom is -0.497 e. The largest absolute Gasteiger partial charge is 0.497 e. The summed E-state index contributed by atoms with van der Waals surface area (Å²) >= 11 is 0. The van der Waals surface area contributed by atoms with E-state index in [2.05, 4.69) is 10.1 Å². The highest BCUT2D eigenvalue weighted by molar-refractivity contribution is 5.94. The minimum absolute atomic E-state index is 0.0102. The van der Waals surface area contributed by atoms with Gasteiger partial charge in [-0.1, -0.05) is 24.3 Å². The van der Waals surface area contributed by atoms with Crippen molar-refractivity contribution in [2.24, 2.45) is 0 Å². The summed E-state index contributed by atoms with van der Waals surface area (Å²) < 4.78 is 16.2. The van der Waals surface area contributed by atoms with Crippen LogP contribution in [0.15, 0.2) is 59.1 Å². The summed E-state index contributed by atoms with van der Waals surface area (Å²) in [4.78, 5) is 19.1. The van der Waals surface area contributed by atoms with Gasteiger partial charge in [0, 0.05) is 18.7 Å². The minimum atomic E-state index is -0.0242. The maximum absolute atomic E-state index is 12.9. The smallest absolute Gasteiger partial charge is 0.359 e. The molecule has 1 aromatic heterocycles. The van der Waals surface area contributed by atoms with Crippen molar-refractivity contribution in [3.05, 3.63) is 66.1 Å². The number of methoxy groups -OCH3 is 1. The van der Waals surface area contributed by atoms with Crippen molar-refractivity contribution in [3.63, 3.8) is 0 Å². The number of hydrogen-bond acceptors (Lipinski definition) is 6. The zero-order valence-electron chi connectivity index (χ0n) is 15.6. The second-order valence-electron chi connectivity index (χ2n) is 6.65. The van der Waals surface area contributed by atoms with Gasteiger partial charge in [0.25, 0.3) is 5.91 Å². The second-order valence-corrected chi connectivity index (χ2v) is 6.65. The lowest BCUT2D eigenvalue weighted by Gasteiger charge is -2.31. The molecular weight excluding hydrogens is 358 g/mol. The molecular formula is C21H21N3O4. The average molecular weight is 379 g/mol. The van der Waals surface area contributed by atoms with Gasteiger partial charge < -0.3 is 18.9 Å². The number of nitrogens with zero attached hydrogens (tertiary/aromatic N) is 3. The Hall–Kier alpha value is -3.35. The van der Waals surface area contributed by atoms with Crippen LogP contribution >= 0.6 is 0 Å². The summed E-state index contributed by atoms with van der Waals surface area (Å²) in [5.41, 5.74) is 0.610. The third kappa shape index (κ3) is 3.98. The van der Waals surface area contributed by atoms with Gasteiger partial charge in [-0.05, 0) is 48.3 Å². The number of benzene rings is 2. The Balaban J connectivity index is 1.44. The highest BCUT2D eigenvalue weighted by Gasteiger charge is 2.29. The number of piperidine rings is 1. The van der Waals surface area contributed by atoms with E-state index in [1.54, 1.807) is 19.2 Å². The summed E-state index contributed by atoms with van der Waals surface area (Å²) in [5.74, 6) is 1.77. The summed E-state index contributed by atoms with van der Waals surface area (Å²) in [6.07, 6.45) is 1.76. The summed E-state index contributed by atoms with van der Waals surface area (Å²) in [5, 5.41) is 3.91. The Morgan fingerprint density at radius 1 is 1.14 bits per heavy atom. The Kier molecular flexibility index (Phi) is 5.23. The Labute approximate surface area is 162 Å². The first-order valence-electron chi connectivity index (χ1n) is 9.23. The van der Waals surface area contributed by atoms with Crippen LogP contribution in [0.4, 0.5) is 0 Å². The number of amides is 1. The molecule has 1 saturated heterocycles. The predicted octanol–water partition coefficient (Wildman–Crippen LogP) is 3.89. The Bertz CT molecular complexity index is 942. The Morgan fingerprint density at radius 2 is 1.96 bits per heavy atom. The van der Waals surface area contributed by atoms with Crippen LogP contribution in [0.3, 0.4) is 0 Å². The van der Waals surface area contributed by atoms with E-state index in [0.29, 0.717) is 36.0 Å². The van der Waals surface area contributed by atoms with Gasteiger partial charge in [0.1, 0.15) is 11.5 Å². The van der Waals surface area contributed by atoms with Gasteiger partial charge in [-0.25, -0.2) is 0 Å². The molecule has 0 aliphatic carbocycles. The van der Waals surface area contributed by atoms with E-state index in [1.165, 1.54) is 0 Å². The SMILES string of the molecule is COc1cccc(C(=O)N2CCCC(c3nc(Oc4ccccc4)no3)C2)c1. The molecule has 2 aromatic carbocycles. The fraction of sp³-hybridized carbons (Fsp3) is 0.286. The fourth-order valence-corrected chi connectivity index (χ4v) is 3.32. The number of carbonyl (C=O) groups excluding carboxylic acids is 1. The highest BCUT2D eigenvalue weighted by atomic mass is 16.6. The van der Waals surface area contributed by atoms with Gasteiger partial charge in [0.2, 0.25) is 5.89 Å². The topological polar surface area (TPSA) is 77.7 Å². The molecule has 7 heteroatoms. The molecule has 1 amide bonds. The first kappa shape index (κ1) is 18.0. The quantitative estimate of drug-likeness (QED) is 0.669. The molecule has 1 unspecified atom stereocenters. The lowest BCUT2D eigenvalue weighted by molar-refractivity contribution is 0.0695. The van der Waals surface area contributed by atoms with Gasteiger partial charge in [-0.15, -0.1) is 0 Å². The fourth-order valence-electron chi connectivity index (χ4n) is 3.32. The van der Waals surface area contributed by atoms with Crippen LogP contribution in [-0.4, -0.2) is 41.1 Å². The van der Waals surface area contributed by atoms with E-state index in [0.717, 1.165) is 12.8 Å². The van der Waals surface area contributed by atoms with E-state index >= 15 is 0 Å². The second kappa shape index (κ2) is 8.12. The third-order valence-electron chi connectivity index (χ3n) is 4.75. The van der Waals surface area contributed by atoms with E-state index in [4.69, 9.17) is 14.0 Å². The number of likely N-dealkylation sites (tertiary alicyclic amines) is 1. The highest BCUT2D eigenvalue weighted by Crippen LogP contribution is 2.29. The van der Waals surface area contributed by atoms with Gasteiger partial charge in [0.05, 0.1) is 13.0 Å². The zero-order valence-corrected chi connectivity index (χ0v) is 15.6. The molecule has 0 N–H and O–H groups in total. The molecule has 0 bridgehead atoms. The maximum Gasteiger partial charge on any atom is 0.359 e. The lowest BCUT2D eigenvalue weighted by atomic mass is 9.97. The molecule has 28 heavy (non-hydrogen) atoms. The van der Waals surface area contributed by atoms with Crippen molar-refractivity contribution >= 4 is 5.91 Å². The normalized spacial score (nSPS) is 16.6. The van der Waals surface area contributed by atoms with Crippen LogP contribution in [0, 0.1) is 0 Å². The number of para-hydroxylation sites is 1. The van der Waals surface area contributed by atoms with E-state index in [-0.39, 0.29) is 17.8 Å². The first-order chi connectivity index (χ1) is 13.7. The molecule has 144 valence electrons. The standard InChI is InChI=1S/C21H21N3O4/c1-26-18-11-5-7-15(13-18)20(25)24-12-6-8-16(14-24)19-22-21(23-28-19)27-17-9-3-2-4-10-17/h2-5,7,9-11,13,16H,6,8,12,14H2,1H3. The summed E-state index contributed by atoms with van der Waals surface area (Å²) in [6, 6.07) is 16.7. The van der Waals surface area contributed by atoms with Gasteiger partial charge in [-0.3, -0.25) is 4.79 Å². The molecule has 1 aliphatic heterocycles. The van der Waals surface area contributed by atoms with E-state index in [9.17, 15) is 4.79 Å². The van der Waals surface area contributed by atoms with Gasteiger partial charge in [-0.2, -0.15) is 4.98 Å². The molecule has 1 fully saturated rings. The van der Waals surface area contributed by atoms with E-state index < -0.39 is 0 Å². The third-order valence-corrected chi connectivity index (χ3v) is 4.75. The average Bonchev–Trinajstić information content (AvgIpc) is 3.22. The van der Waals surface area contributed by atoms with Crippen molar-refractivity contribution < 1.29 is 18.8 Å². The van der Waals surface area contributed by atoms with Crippen molar-refractivity contribution in [2.45, 2.75) is 18.8 Å². The van der Waals surface area contributed by atoms with Crippen molar-refractivity contribution in [1.29, 1.82) is 0 Å². The predicted molar refractivity (Wildman–Crippen MR) is 102 cm³/mol. The van der Waals surface area contributed by atoms with Crippen molar-refractivity contribution in [3.8, 4) is 17.5 Å². The number of ether oxygens (including phenoxy) is 2. The molecule has 4 rings (SSSR count). The van der Waals surface area contributed by atoms with Crippen LogP contribution in [0.5, 0.6) is 17.5 Å². The van der Waals surface area contributed by atoms with Crippen LogP contribution in [0.2, 0.25) is 0 Å². The summed E-state index contributed by atoms with van der Waals surface area (Å²) in [6.45, 7) is 1.23. The number of carbonyl (C=O) groups is 1. The van der Waals surface area contributed by atoms with Gasteiger partial charge in [0.15, 0.2) is 0 Å². The van der Waals surface area contributed by atoms with Gasteiger partial charge >= 0.3 is 6.01 Å². The van der Waals surface area contributed by atoms with Crippen LogP contribution in [0.1, 0.15) is 35.0 Å². The van der Waals surface area contributed by atoms with E-state index in [1.807, 2.05) is 47.4 Å². The monoisotopic (exact) mass is 379 g/mol. The molecule has 1 aliphatic rings. The number of aromatic nitrogens is 2. The number of rotatable bonds is 5. The molecule has 0 radical (unpaired) electrons. The molecule has 0 saturated carbocycles. The van der Waals surface area contributed by atoms with Crippen LogP contribution < -0.4 is 9.47 Å². The molecule has 1 atom stereocenters. The van der Waals surface area contributed by atoms with Crippen molar-refractivity contribution in [2.75, 3.05) is 20.2 Å². The Morgan fingerprint density at radius 3 is 2.79 bits per heavy atom. The maximum atomic E-state index is 12.9. The molecule has 3 aromatic rings. The lowest BCUT2D eigenvalue weighted by Crippen LogP contribution is -2.39. The molecule has 2 heterocycles. The zero-order chi connectivity index (χ0) is 19.3. The van der Waals surface area contributed by atoms with Crippen molar-refractivity contribution in [1.82, 2.24) is 15.0 Å². The van der Waals surface area contributed by atoms with Crippen LogP contribution in [-0.2, 0) is 0 Å². The van der Waals surface area contributed by atoms with Crippen LogP contribution in [0.25, 0.3) is 0 Å². The molecule has 7 nitrogen and oxygen atoms in total. The summed E-state index contributed by atoms with van der Waals surface area (Å²) in [7, 11) is 1.59. The first-order valence-corrected chi connectivity index (χ1v) is 9.23.